The van der Waals surface area contributed by atoms with Gasteiger partial charge in [0.25, 0.3) is 11.6 Å². The summed E-state index contributed by atoms with van der Waals surface area (Å²) in [7, 11) is 0. The van der Waals surface area contributed by atoms with Crippen molar-refractivity contribution in [3.05, 3.63) is 101 Å². The Morgan fingerprint density at radius 3 is 2.29 bits per heavy atom. The van der Waals surface area contributed by atoms with Crippen molar-refractivity contribution in [2.24, 2.45) is 0 Å². The van der Waals surface area contributed by atoms with E-state index in [0.29, 0.717) is 12.3 Å². The van der Waals surface area contributed by atoms with Crippen LogP contribution in [-0.2, 0) is 0 Å². The maximum absolute atomic E-state index is 12.5. The number of nitrogens with zero attached hydrogens (tertiary/aromatic N) is 3. The Labute approximate surface area is 208 Å². The van der Waals surface area contributed by atoms with Gasteiger partial charge in [0.05, 0.1) is 16.3 Å². The van der Waals surface area contributed by atoms with Crippen LogP contribution >= 0.6 is 11.8 Å². The number of aromatic nitrogens is 2. The topological polar surface area (TPSA) is 90.1 Å². The van der Waals surface area contributed by atoms with Crippen LogP contribution in [0.3, 0.4) is 0 Å². The van der Waals surface area contributed by atoms with Crippen molar-refractivity contribution in [3.63, 3.8) is 0 Å². The highest BCUT2D eigenvalue weighted by atomic mass is 32.2. The van der Waals surface area contributed by atoms with Crippen LogP contribution in [0.15, 0.2) is 90.1 Å². The first-order valence-electron chi connectivity index (χ1n) is 11.3. The molecule has 0 spiro atoms. The van der Waals surface area contributed by atoms with Gasteiger partial charge in [-0.05, 0) is 19.9 Å². The van der Waals surface area contributed by atoms with Crippen LogP contribution in [0, 0.1) is 10.1 Å². The fourth-order valence-electron chi connectivity index (χ4n) is 3.83. The molecule has 178 valence electrons. The molecule has 0 aliphatic heterocycles. The number of amides is 1. The molecule has 0 aliphatic rings. The van der Waals surface area contributed by atoms with Crippen molar-refractivity contribution >= 4 is 23.4 Å². The van der Waals surface area contributed by atoms with Crippen molar-refractivity contribution in [2.75, 3.05) is 12.3 Å². The summed E-state index contributed by atoms with van der Waals surface area (Å²) in [5, 5.41) is 14.7. The van der Waals surface area contributed by atoms with Crippen molar-refractivity contribution in [2.45, 2.75) is 25.0 Å². The van der Waals surface area contributed by atoms with Crippen LogP contribution in [0.1, 0.15) is 30.2 Å². The zero-order chi connectivity index (χ0) is 24.8. The summed E-state index contributed by atoms with van der Waals surface area (Å²) in [4.78, 5) is 28.0. The first-order valence-corrected chi connectivity index (χ1v) is 12.3. The van der Waals surface area contributed by atoms with E-state index in [9.17, 15) is 14.9 Å². The maximum Gasteiger partial charge on any atom is 0.270 e. The van der Waals surface area contributed by atoms with Crippen LogP contribution in [0.5, 0.6) is 0 Å². The Bertz CT molecular complexity index is 1320. The highest BCUT2D eigenvalue weighted by Gasteiger charge is 2.22. The molecule has 4 rings (SSSR count). The quantitative estimate of drug-likeness (QED) is 0.131. The van der Waals surface area contributed by atoms with Gasteiger partial charge in [0, 0.05) is 47.2 Å². The minimum absolute atomic E-state index is 0.104. The molecular weight excluding hydrogens is 460 g/mol. The second kappa shape index (κ2) is 11.0. The monoisotopic (exact) mass is 486 g/mol. The Kier molecular flexibility index (Phi) is 7.62. The summed E-state index contributed by atoms with van der Waals surface area (Å²) < 4.78 is 2.24. The molecule has 3 aromatic carbocycles. The van der Waals surface area contributed by atoms with Crippen LogP contribution in [-0.4, -0.2) is 32.7 Å². The number of hydrogen-bond donors (Lipinski definition) is 1. The van der Waals surface area contributed by atoms with E-state index in [1.54, 1.807) is 17.8 Å². The molecule has 1 aromatic heterocycles. The maximum atomic E-state index is 12.5. The summed E-state index contributed by atoms with van der Waals surface area (Å²) in [6.07, 6.45) is 0. The smallest absolute Gasteiger partial charge is 0.270 e. The highest BCUT2D eigenvalue weighted by Crippen LogP contribution is 2.37. The largest absolute Gasteiger partial charge is 0.351 e. The van der Waals surface area contributed by atoms with Gasteiger partial charge in [-0.2, -0.15) is 0 Å². The average molecular weight is 487 g/mol. The third-order valence-electron chi connectivity index (χ3n) is 5.43. The van der Waals surface area contributed by atoms with E-state index in [1.807, 2.05) is 36.4 Å². The van der Waals surface area contributed by atoms with Crippen LogP contribution in [0.2, 0.25) is 0 Å². The molecule has 0 bridgehead atoms. The van der Waals surface area contributed by atoms with Gasteiger partial charge in [-0.1, -0.05) is 78.5 Å². The Morgan fingerprint density at radius 1 is 1.00 bits per heavy atom. The molecule has 0 unspecified atom stereocenters. The molecule has 0 fully saturated rings. The molecule has 1 N–H and O–H groups in total. The molecule has 0 atom stereocenters. The van der Waals surface area contributed by atoms with Crippen molar-refractivity contribution < 1.29 is 9.72 Å². The predicted molar refractivity (Wildman–Crippen MR) is 140 cm³/mol. The fourth-order valence-corrected chi connectivity index (χ4v) is 4.82. The third kappa shape index (κ3) is 5.60. The molecule has 8 heteroatoms. The predicted octanol–water partition coefficient (Wildman–Crippen LogP) is 6.23. The first kappa shape index (κ1) is 24.2. The van der Waals surface area contributed by atoms with Gasteiger partial charge in [0.15, 0.2) is 5.16 Å². The van der Waals surface area contributed by atoms with E-state index in [0.717, 1.165) is 27.7 Å². The lowest BCUT2D eigenvalue weighted by molar-refractivity contribution is -0.384. The molecule has 0 aliphatic carbocycles. The van der Waals surface area contributed by atoms with E-state index in [4.69, 9.17) is 4.98 Å². The standard InChI is InChI=1S/C27H26N4O3S/c1-19(2)30-25(21-12-7-4-8-13-21)24(20-10-5-3-6-11-20)29-27(30)35-17-16-28-26(32)22-14-9-15-23(18-22)31(33)34/h3-15,18-19H,16-17H2,1-2H3,(H,28,32). The number of thioether (sulfide) groups is 1. The SMILES string of the molecule is CC(C)n1c(SCCNC(=O)c2cccc([N+](=O)[O-])c2)nc(-c2ccccc2)c1-c1ccccc1. The number of nitro benzene ring substituents is 1. The van der Waals surface area contributed by atoms with Crippen LogP contribution in [0.25, 0.3) is 22.5 Å². The van der Waals surface area contributed by atoms with Crippen molar-refractivity contribution in [3.8, 4) is 22.5 Å². The zero-order valence-corrected chi connectivity index (χ0v) is 20.4. The number of carbonyl (C=O) groups excluding carboxylic acids is 1. The number of imidazole rings is 1. The molecule has 1 heterocycles. The van der Waals surface area contributed by atoms with Gasteiger partial charge in [0.1, 0.15) is 0 Å². The Hall–Kier alpha value is -3.91. The lowest BCUT2D eigenvalue weighted by atomic mass is 10.0. The number of rotatable bonds is 9. The van der Waals surface area contributed by atoms with Gasteiger partial charge in [-0.15, -0.1) is 0 Å². The summed E-state index contributed by atoms with van der Waals surface area (Å²) >= 11 is 1.57. The first-order chi connectivity index (χ1) is 17.0. The number of nitro groups is 1. The third-order valence-corrected chi connectivity index (χ3v) is 6.38. The molecular formula is C27H26N4O3S. The highest BCUT2D eigenvalue weighted by molar-refractivity contribution is 7.99. The van der Waals surface area contributed by atoms with Gasteiger partial charge >= 0.3 is 0 Å². The molecule has 0 radical (unpaired) electrons. The molecule has 35 heavy (non-hydrogen) atoms. The molecule has 4 aromatic rings. The normalized spacial score (nSPS) is 10.9. The average Bonchev–Trinajstić information content (AvgIpc) is 3.27. The van der Waals surface area contributed by atoms with Crippen LogP contribution < -0.4 is 5.32 Å². The minimum Gasteiger partial charge on any atom is -0.351 e. The van der Waals surface area contributed by atoms with E-state index in [2.05, 4.69) is 48.0 Å². The fraction of sp³-hybridized carbons (Fsp3) is 0.185. The molecule has 0 saturated carbocycles. The number of carbonyl (C=O) groups is 1. The number of hydrogen-bond acceptors (Lipinski definition) is 5. The van der Waals surface area contributed by atoms with Gasteiger partial charge < -0.3 is 9.88 Å². The van der Waals surface area contributed by atoms with Crippen molar-refractivity contribution in [1.82, 2.24) is 14.9 Å². The van der Waals surface area contributed by atoms with E-state index in [1.165, 1.54) is 18.2 Å². The van der Waals surface area contributed by atoms with E-state index < -0.39 is 4.92 Å². The van der Waals surface area contributed by atoms with Gasteiger partial charge in [-0.3, -0.25) is 14.9 Å². The Balaban J connectivity index is 1.55. The Morgan fingerprint density at radius 2 is 1.66 bits per heavy atom. The molecule has 7 nitrogen and oxygen atoms in total. The van der Waals surface area contributed by atoms with Crippen LogP contribution in [0.4, 0.5) is 5.69 Å². The summed E-state index contributed by atoms with van der Waals surface area (Å²) in [6, 6.07) is 26.3. The van der Waals surface area contributed by atoms with Gasteiger partial charge in [-0.25, -0.2) is 4.98 Å². The van der Waals surface area contributed by atoms with Gasteiger partial charge in [0.2, 0.25) is 0 Å². The molecule has 0 saturated heterocycles. The second-order valence-electron chi connectivity index (χ2n) is 8.20. The lowest BCUT2D eigenvalue weighted by Crippen LogP contribution is -2.25. The van der Waals surface area contributed by atoms with E-state index in [-0.39, 0.29) is 23.2 Å². The minimum atomic E-state index is -0.507. The van der Waals surface area contributed by atoms with E-state index >= 15 is 0 Å². The van der Waals surface area contributed by atoms with Crippen molar-refractivity contribution in [1.29, 1.82) is 0 Å². The number of nitrogens with one attached hydrogen (secondary N) is 1. The summed E-state index contributed by atoms with van der Waals surface area (Å²) in [5.41, 5.74) is 4.30. The zero-order valence-electron chi connectivity index (χ0n) is 19.5. The number of benzene rings is 3. The lowest BCUT2D eigenvalue weighted by Gasteiger charge is -2.16. The second-order valence-corrected chi connectivity index (χ2v) is 9.26. The number of non-ortho nitro benzene ring substituents is 1. The summed E-state index contributed by atoms with van der Waals surface area (Å²) in [5.74, 6) is 0.267. The summed E-state index contributed by atoms with van der Waals surface area (Å²) in [6.45, 7) is 4.67. The molecule has 1 amide bonds.